The molecule has 0 aliphatic carbocycles. The van der Waals surface area contributed by atoms with Gasteiger partial charge in [0.2, 0.25) is 0 Å². The minimum absolute atomic E-state index is 0.258. The first kappa shape index (κ1) is 15.1. The smallest absolute Gasteiger partial charge is 0.160 e. The molecule has 1 aromatic carbocycles. The number of halogens is 2. The van der Waals surface area contributed by atoms with Crippen molar-refractivity contribution < 1.29 is 4.79 Å². The Bertz CT molecular complexity index is 623. The summed E-state index contributed by atoms with van der Waals surface area (Å²) in [7, 11) is 2.14. The number of hydrogen-bond acceptors (Lipinski definition) is 2. The van der Waals surface area contributed by atoms with Crippen LogP contribution in [0, 0.1) is 0 Å². The zero-order valence-corrected chi connectivity index (χ0v) is 13.8. The molecule has 4 heteroatoms. The third-order valence-corrected chi connectivity index (χ3v) is 5.57. The maximum Gasteiger partial charge on any atom is 0.160 e. The minimum atomic E-state index is 0.258. The molecule has 0 N–H and O–H groups in total. The van der Waals surface area contributed by atoms with E-state index in [-0.39, 0.29) is 11.8 Å². The molecule has 2 aliphatic heterocycles. The number of ketones is 1. The molecule has 0 spiro atoms. The third kappa shape index (κ3) is 2.54. The Kier molecular flexibility index (Phi) is 4.13. The molecule has 1 fully saturated rings. The summed E-state index contributed by atoms with van der Waals surface area (Å²) < 4.78 is 0. The van der Waals surface area contributed by atoms with Crippen molar-refractivity contribution in [2.24, 2.45) is 0 Å². The third-order valence-electron chi connectivity index (χ3n) is 4.83. The van der Waals surface area contributed by atoms with Gasteiger partial charge in [-0.25, -0.2) is 0 Å². The number of hydrogen-bond donors (Lipinski definition) is 0. The van der Waals surface area contributed by atoms with Gasteiger partial charge < -0.3 is 0 Å². The van der Waals surface area contributed by atoms with E-state index in [0.29, 0.717) is 22.5 Å². The first-order valence-electron chi connectivity index (χ1n) is 7.46. The van der Waals surface area contributed by atoms with E-state index < -0.39 is 0 Å². The summed E-state index contributed by atoms with van der Waals surface area (Å²) in [5, 5.41) is 1.11. The molecule has 2 aliphatic rings. The van der Waals surface area contributed by atoms with E-state index in [1.165, 1.54) is 5.57 Å². The van der Waals surface area contributed by atoms with Crippen LogP contribution in [0.15, 0.2) is 23.8 Å². The summed E-state index contributed by atoms with van der Waals surface area (Å²) in [6.45, 7) is 1.93. The van der Waals surface area contributed by atoms with Gasteiger partial charge in [0.05, 0.1) is 10.0 Å². The molecule has 2 bridgehead atoms. The number of Topliss-reactive ketones (excluding diaryl/α,β-unsaturated/α-hetero) is 1. The van der Waals surface area contributed by atoms with E-state index >= 15 is 0 Å². The van der Waals surface area contributed by atoms with Crippen LogP contribution < -0.4 is 0 Å². The van der Waals surface area contributed by atoms with Gasteiger partial charge in [-0.15, -0.1) is 0 Å². The Morgan fingerprint density at radius 3 is 2.71 bits per heavy atom. The maximum atomic E-state index is 12.5. The van der Waals surface area contributed by atoms with Gasteiger partial charge in [0.15, 0.2) is 5.78 Å². The SMILES string of the molecule is CCC(=O)C1=C(c2ccc(Cl)c(Cl)c2)C[C@@H]2CC[C@H]1N2C. The second-order valence-corrected chi connectivity index (χ2v) is 6.73. The quantitative estimate of drug-likeness (QED) is 0.810. The average Bonchev–Trinajstić information content (AvgIpc) is 2.72. The van der Waals surface area contributed by atoms with Gasteiger partial charge in [-0.1, -0.05) is 36.2 Å². The fourth-order valence-electron chi connectivity index (χ4n) is 3.65. The van der Waals surface area contributed by atoms with Gasteiger partial charge in [-0.05, 0) is 49.6 Å². The predicted molar refractivity (Wildman–Crippen MR) is 87.9 cm³/mol. The van der Waals surface area contributed by atoms with Gasteiger partial charge in [0.25, 0.3) is 0 Å². The standard InChI is InChI=1S/C17H19Cl2NO/c1-3-16(21)17-12(9-11-5-7-15(17)20(11)2)10-4-6-13(18)14(19)8-10/h4,6,8,11,15H,3,5,7,9H2,1-2H3/t11-,15+/m0/s1. The van der Waals surface area contributed by atoms with Crippen LogP contribution in [0.3, 0.4) is 0 Å². The summed E-state index contributed by atoms with van der Waals surface area (Å²) in [5.41, 5.74) is 3.21. The molecule has 0 saturated carbocycles. The van der Waals surface area contributed by atoms with E-state index in [2.05, 4.69) is 11.9 Å². The Labute approximate surface area is 135 Å². The largest absolute Gasteiger partial charge is 0.296 e. The highest BCUT2D eigenvalue weighted by atomic mass is 35.5. The minimum Gasteiger partial charge on any atom is -0.296 e. The fraction of sp³-hybridized carbons (Fsp3) is 0.471. The van der Waals surface area contributed by atoms with E-state index in [1.54, 1.807) is 0 Å². The topological polar surface area (TPSA) is 20.3 Å². The summed E-state index contributed by atoms with van der Waals surface area (Å²) in [6, 6.07) is 6.50. The van der Waals surface area contributed by atoms with E-state index in [9.17, 15) is 4.79 Å². The molecule has 0 unspecified atom stereocenters. The highest BCUT2D eigenvalue weighted by Gasteiger charge is 2.41. The van der Waals surface area contributed by atoms with E-state index in [4.69, 9.17) is 23.2 Å². The van der Waals surface area contributed by atoms with Crippen molar-refractivity contribution in [2.75, 3.05) is 7.05 Å². The van der Waals surface area contributed by atoms with Crippen molar-refractivity contribution in [3.63, 3.8) is 0 Å². The van der Waals surface area contributed by atoms with Crippen LogP contribution in [0.1, 0.15) is 38.2 Å². The van der Waals surface area contributed by atoms with Crippen molar-refractivity contribution in [3.8, 4) is 0 Å². The lowest BCUT2D eigenvalue weighted by molar-refractivity contribution is -0.115. The summed E-state index contributed by atoms with van der Waals surface area (Å²) in [5.74, 6) is 0.258. The van der Waals surface area contributed by atoms with Crippen LogP contribution >= 0.6 is 23.2 Å². The number of likely N-dealkylation sites (N-methyl/N-ethyl adjacent to an activating group) is 1. The zero-order chi connectivity index (χ0) is 15.1. The number of benzene rings is 1. The van der Waals surface area contributed by atoms with Crippen LogP contribution in [0.25, 0.3) is 5.57 Å². The van der Waals surface area contributed by atoms with Crippen molar-refractivity contribution in [1.29, 1.82) is 0 Å². The Hall–Kier alpha value is -0.830. The molecule has 0 amide bonds. The molecule has 2 nitrogen and oxygen atoms in total. The molecule has 1 saturated heterocycles. The van der Waals surface area contributed by atoms with Crippen LogP contribution in [-0.4, -0.2) is 29.8 Å². The van der Waals surface area contributed by atoms with Crippen molar-refractivity contribution in [3.05, 3.63) is 39.4 Å². The summed E-state index contributed by atoms with van der Waals surface area (Å²) in [6.07, 6.45) is 3.71. The van der Waals surface area contributed by atoms with Gasteiger partial charge in [-0.3, -0.25) is 9.69 Å². The fourth-order valence-corrected chi connectivity index (χ4v) is 3.95. The van der Waals surface area contributed by atoms with Crippen LogP contribution in [0.5, 0.6) is 0 Å². The van der Waals surface area contributed by atoms with Crippen molar-refractivity contribution >= 4 is 34.6 Å². The number of fused-ring (bicyclic) bond motifs is 2. The number of rotatable bonds is 3. The molecule has 1 aromatic rings. The molecular weight excluding hydrogens is 305 g/mol. The van der Waals surface area contributed by atoms with Crippen LogP contribution in [0.2, 0.25) is 10.0 Å². The molecular formula is C17H19Cl2NO. The first-order valence-corrected chi connectivity index (χ1v) is 8.22. The second kappa shape index (κ2) is 5.75. The Balaban J connectivity index is 2.13. The highest BCUT2D eigenvalue weighted by Crippen LogP contribution is 2.43. The Morgan fingerprint density at radius 1 is 1.29 bits per heavy atom. The molecule has 21 heavy (non-hydrogen) atoms. The number of carbonyl (C=O) groups excluding carboxylic acids is 1. The Morgan fingerprint density at radius 2 is 2.05 bits per heavy atom. The van der Waals surface area contributed by atoms with E-state index in [0.717, 1.165) is 30.4 Å². The second-order valence-electron chi connectivity index (χ2n) is 5.91. The van der Waals surface area contributed by atoms with E-state index in [1.807, 2.05) is 25.1 Å². The van der Waals surface area contributed by atoms with Crippen LogP contribution in [0.4, 0.5) is 0 Å². The van der Waals surface area contributed by atoms with Gasteiger partial charge in [-0.2, -0.15) is 0 Å². The molecule has 3 rings (SSSR count). The molecule has 2 heterocycles. The lowest BCUT2D eigenvalue weighted by Crippen LogP contribution is -2.39. The first-order chi connectivity index (χ1) is 10.0. The lowest BCUT2D eigenvalue weighted by atomic mass is 9.86. The highest BCUT2D eigenvalue weighted by molar-refractivity contribution is 6.42. The van der Waals surface area contributed by atoms with Crippen molar-refractivity contribution in [1.82, 2.24) is 4.90 Å². The molecule has 112 valence electrons. The summed E-state index contributed by atoms with van der Waals surface area (Å²) >= 11 is 12.2. The predicted octanol–water partition coefficient (Wildman–Crippen LogP) is 4.59. The normalized spacial score (nSPS) is 25.5. The zero-order valence-electron chi connectivity index (χ0n) is 12.3. The van der Waals surface area contributed by atoms with Crippen LogP contribution in [-0.2, 0) is 4.79 Å². The lowest BCUT2D eigenvalue weighted by Gasteiger charge is -2.35. The molecule has 2 atom stereocenters. The molecule has 0 radical (unpaired) electrons. The number of carbonyl (C=O) groups is 1. The monoisotopic (exact) mass is 323 g/mol. The maximum absolute atomic E-state index is 12.5. The van der Waals surface area contributed by atoms with Gasteiger partial charge in [0.1, 0.15) is 0 Å². The summed E-state index contributed by atoms with van der Waals surface area (Å²) in [4.78, 5) is 14.9. The van der Waals surface area contributed by atoms with Crippen molar-refractivity contribution in [2.45, 2.75) is 44.7 Å². The van der Waals surface area contributed by atoms with Gasteiger partial charge in [0, 0.05) is 24.1 Å². The average molecular weight is 324 g/mol. The van der Waals surface area contributed by atoms with Gasteiger partial charge >= 0.3 is 0 Å². The molecule has 0 aromatic heterocycles. The number of nitrogens with zero attached hydrogens (tertiary/aromatic N) is 1.